The fourth-order valence-corrected chi connectivity index (χ4v) is 2.32. The fourth-order valence-electron chi connectivity index (χ4n) is 2.32. The van der Waals surface area contributed by atoms with Gasteiger partial charge in [-0.2, -0.15) is 0 Å². The molecule has 0 amide bonds. The van der Waals surface area contributed by atoms with Crippen LogP contribution in [0.4, 0.5) is 0 Å². The van der Waals surface area contributed by atoms with Gasteiger partial charge in [-0.1, -0.05) is 32.9 Å². The third kappa shape index (κ3) is 1.58. The van der Waals surface area contributed by atoms with E-state index in [1.54, 1.807) is 0 Å². The minimum absolute atomic E-state index is 0.0236. The summed E-state index contributed by atoms with van der Waals surface area (Å²) in [4.78, 5) is 9.33. The molecule has 3 heteroatoms. The summed E-state index contributed by atoms with van der Waals surface area (Å²) in [5.74, 6) is 0. The molecule has 18 heavy (non-hydrogen) atoms. The van der Waals surface area contributed by atoms with Crippen molar-refractivity contribution in [3.05, 3.63) is 35.7 Å². The molecule has 0 saturated heterocycles. The lowest BCUT2D eigenvalue weighted by Crippen LogP contribution is -2.16. The second kappa shape index (κ2) is 3.55. The van der Waals surface area contributed by atoms with Gasteiger partial charge >= 0.3 is 0 Å². The molecule has 3 aromatic rings. The average Bonchev–Trinajstić information content (AvgIpc) is 2.65. The second-order valence-electron chi connectivity index (χ2n) is 5.66. The van der Waals surface area contributed by atoms with Gasteiger partial charge in [0, 0.05) is 10.8 Å². The number of aromatic nitrogens is 2. The van der Waals surface area contributed by atoms with E-state index in [2.05, 4.69) is 30.7 Å². The number of para-hydroxylation sites is 1. The highest BCUT2D eigenvalue weighted by molar-refractivity contribution is 6.00. The van der Waals surface area contributed by atoms with Crippen LogP contribution in [-0.4, -0.2) is 9.97 Å². The van der Waals surface area contributed by atoms with Gasteiger partial charge in [-0.3, -0.25) is 0 Å². The van der Waals surface area contributed by atoms with Gasteiger partial charge in [-0.25, -0.2) is 9.97 Å². The Bertz CT molecular complexity index is 735. The first-order valence-electron chi connectivity index (χ1n) is 6.13. The number of aryl methyl sites for hydroxylation is 1. The van der Waals surface area contributed by atoms with Crippen molar-refractivity contribution in [3.8, 4) is 0 Å². The predicted molar refractivity (Wildman–Crippen MR) is 72.7 cm³/mol. The molecular weight excluding hydrogens is 224 g/mol. The molecule has 1 aromatic carbocycles. The van der Waals surface area contributed by atoms with E-state index in [4.69, 9.17) is 4.42 Å². The lowest BCUT2D eigenvalue weighted by Gasteiger charge is -2.18. The zero-order valence-electron chi connectivity index (χ0n) is 11.1. The number of furan rings is 1. The molecule has 0 unspecified atom stereocenters. The van der Waals surface area contributed by atoms with Crippen LogP contribution in [0.25, 0.3) is 22.2 Å². The highest BCUT2D eigenvalue weighted by atomic mass is 16.3. The van der Waals surface area contributed by atoms with Crippen LogP contribution in [0.3, 0.4) is 0 Å². The summed E-state index contributed by atoms with van der Waals surface area (Å²) in [7, 11) is 0. The maximum Gasteiger partial charge on any atom is 0.246 e. The number of rotatable bonds is 0. The van der Waals surface area contributed by atoms with Crippen LogP contribution in [-0.2, 0) is 5.41 Å². The van der Waals surface area contributed by atoms with Crippen molar-refractivity contribution in [2.24, 2.45) is 0 Å². The standard InChI is InChI=1S/C15H16N2O/c1-9-13(15(2,3)4)17-14-12(16-9)10-7-5-6-8-11(10)18-14/h5-8H,1-4H3. The molecule has 3 nitrogen and oxygen atoms in total. The van der Waals surface area contributed by atoms with E-state index in [1.165, 1.54) is 0 Å². The monoisotopic (exact) mass is 240 g/mol. The maximum atomic E-state index is 5.77. The van der Waals surface area contributed by atoms with Gasteiger partial charge in [-0.15, -0.1) is 0 Å². The maximum absolute atomic E-state index is 5.77. The van der Waals surface area contributed by atoms with Crippen molar-refractivity contribution < 1.29 is 4.42 Å². The summed E-state index contributed by atoms with van der Waals surface area (Å²) in [6.45, 7) is 8.42. The van der Waals surface area contributed by atoms with Gasteiger partial charge in [0.1, 0.15) is 11.1 Å². The van der Waals surface area contributed by atoms with Gasteiger partial charge in [-0.05, 0) is 19.1 Å². The quantitative estimate of drug-likeness (QED) is 0.596. The first-order valence-corrected chi connectivity index (χ1v) is 6.13. The van der Waals surface area contributed by atoms with Crippen molar-refractivity contribution in [2.75, 3.05) is 0 Å². The molecule has 0 aliphatic heterocycles. The smallest absolute Gasteiger partial charge is 0.246 e. The van der Waals surface area contributed by atoms with Gasteiger partial charge in [0.15, 0.2) is 0 Å². The third-order valence-corrected chi connectivity index (χ3v) is 3.10. The summed E-state index contributed by atoms with van der Waals surface area (Å²) < 4.78 is 5.77. The molecular formula is C15H16N2O. The lowest BCUT2D eigenvalue weighted by atomic mass is 9.90. The summed E-state index contributed by atoms with van der Waals surface area (Å²) in [5, 5.41) is 1.03. The predicted octanol–water partition coefficient (Wildman–Crippen LogP) is 3.98. The van der Waals surface area contributed by atoms with Crippen LogP contribution in [0, 0.1) is 6.92 Å². The molecule has 92 valence electrons. The summed E-state index contributed by atoms with van der Waals surface area (Å²) in [6.07, 6.45) is 0. The Morgan fingerprint density at radius 3 is 2.50 bits per heavy atom. The third-order valence-electron chi connectivity index (χ3n) is 3.10. The number of nitrogens with zero attached hydrogens (tertiary/aromatic N) is 2. The molecule has 0 bridgehead atoms. The van der Waals surface area contributed by atoms with Crippen LogP contribution < -0.4 is 0 Å². The van der Waals surface area contributed by atoms with Crippen LogP contribution in [0.5, 0.6) is 0 Å². The largest absolute Gasteiger partial charge is 0.436 e. The molecule has 0 saturated carbocycles. The second-order valence-corrected chi connectivity index (χ2v) is 5.66. The first-order chi connectivity index (χ1) is 8.47. The molecule has 0 atom stereocenters. The highest BCUT2D eigenvalue weighted by Crippen LogP contribution is 2.30. The van der Waals surface area contributed by atoms with E-state index >= 15 is 0 Å². The Morgan fingerprint density at radius 2 is 1.78 bits per heavy atom. The Hall–Kier alpha value is -1.90. The Morgan fingerprint density at radius 1 is 1.06 bits per heavy atom. The van der Waals surface area contributed by atoms with Gasteiger partial charge in [0.2, 0.25) is 5.71 Å². The van der Waals surface area contributed by atoms with E-state index in [-0.39, 0.29) is 5.41 Å². The molecule has 2 heterocycles. The lowest BCUT2D eigenvalue weighted by molar-refractivity contribution is 0.553. The molecule has 0 aliphatic carbocycles. The molecule has 0 N–H and O–H groups in total. The van der Waals surface area contributed by atoms with Crippen molar-refractivity contribution >= 4 is 22.2 Å². The number of hydrogen-bond acceptors (Lipinski definition) is 3. The molecule has 0 fully saturated rings. The fraction of sp³-hybridized carbons (Fsp3) is 0.333. The van der Waals surface area contributed by atoms with Crippen LogP contribution >= 0.6 is 0 Å². The van der Waals surface area contributed by atoms with E-state index in [9.17, 15) is 0 Å². The summed E-state index contributed by atoms with van der Waals surface area (Å²) in [5.41, 5.74) is 4.28. The van der Waals surface area contributed by atoms with E-state index in [0.29, 0.717) is 5.71 Å². The minimum Gasteiger partial charge on any atom is -0.436 e. The summed E-state index contributed by atoms with van der Waals surface area (Å²) >= 11 is 0. The minimum atomic E-state index is -0.0236. The summed E-state index contributed by atoms with van der Waals surface area (Å²) in [6, 6.07) is 7.92. The van der Waals surface area contributed by atoms with Crippen LogP contribution in [0.15, 0.2) is 28.7 Å². The molecule has 3 rings (SSSR count). The topological polar surface area (TPSA) is 38.9 Å². The normalized spacial score (nSPS) is 12.4. The van der Waals surface area contributed by atoms with Crippen LogP contribution in [0.2, 0.25) is 0 Å². The van der Waals surface area contributed by atoms with Crippen molar-refractivity contribution in [1.82, 2.24) is 9.97 Å². The van der Waals surface area contributed by atoms with Crippen molar-refractivity contribution in [2.45, 2.75) is 33.1 Å². The zero-order valence-corrected chi connectivity index (χ0v) is 11.1. The Kier molecular flexibility index (Phi) is 2.21. The highest BCUT2D eigenvalue weighted by Gasteiger charge is 2.21. The average molecular weight is 240 g/mol. The van der Waals surface area contributed by atoms with Gasteiger partial charge < -0.3 is 4.42 Å². The number of fused-ring (bicyclic) bond motifs is 3. The zero-order chi connectivity index (χ0) is 12.9. The Balaban J connectivity index is 2.40. The number of benzene rings is 1. The number of hydrogen-bond donors (Lipinski definition) is 0. The van der Waals surface area contributed by atoms with Crippen LogP contribution in [0.1, 0.15) is 32.2 Å². The van der Waals surface area contributed by atoms with E-state index < -0.39 is 0 Å². The van der Waals surface area contributed by atoms with E-state index in [0.717, 1.165) is 27.9 Å². The van der Waals surface area contributed by atoms with E-state index in [1.807, 2.05) is 31.2 Å². The van der Waals surface area contributed by atoms with Gasteiger partial charge in [0.25, 0.3) is 0 Å². The SMILES string of the molecule is Cc1nc2c(nc1C(C)(C)C)oc1ccccc12. The van der Waals surface area contributed by atoms with Crippen molar-refractivity contribution in [3.63, 3.8) is 0 Å². The molecule has 2 aromatic heterocycles. The first kappa shape index (κ1) is 11.2. The van der Waals surface area contributed by atoms with Gasteiger partial charge in [0.05, 0.1) is 11.4 Å². The molecule has 0 radical (unpaired) electrons. The molecule has 0 spiro atoms. The molecule has 0 aliphatic rings. The van der Waals surface area contributed by atoms with Crippen molar-refractivity contribution in [1.29, 1.82) is 0 Å². The Labute approximate surface area is 106 Å².